The second kappa shape index (κ2) is 7.46. The van der Waals surface area contributed by atoms with Crippen molar-refractivity contribution in [3.63, 3.8) is 0 Å². The number of benzene rings is 1. The molecule has 2 aromatic rings. The minimum absolute atomic E-state index is 0.516. The summed E-state index contributed by atoms with van der Waals surface area (Å²) in [6.07, 6.45) is 1.87. The molecule has 1 aromatic carbocycles. The van der Waals surface area contributed by atoms with Crippen molar-refractivity contribution in [2.24, 2.45) is 0 Å². The highest BCUT2D eigenvalue weighted by molar-refractivity contribution is 7.98. The molecule has 0 fully saturated rings. The van der Waals surface area contributed by atoms with Gasteiger partial charge < -0.3 is 5.32 Å². The molecular formula is C17H22N2S. The molecule has 0 spiro atoms. The molecule has 1 heterocycles. The monoisotopic (exact) mass is 286 g/mol. The van der Waals surface area contributed by atoms with Gasteiger partial charge >= 0.3 is 0 Å². The lowest BCUT2D eigenvalue weighted by Gasteiger charge is -2.09. The molecule has 106 valence electrons. The lowest BCUT2D eigenvalue weighted by atomic mass is 10.2. The summed E-state index contributed by atoms with van der Waals surface area (Å²) in [7, 11) is 0. The zero-order valence-corrected chi connectivity index (χ0v) is 13.2. The van der Waals surface area contributed by atoms with Gasteiger partial charge in [-0.2, -0.15) is 0 Å². The van der Waals surface area contributed by atoms with Crippen molar-refractivity contribution in [1.29, 1.82) is 0 Å². The summed E-state index contributed by atoms with van der Waals surface area (Å²) in [6, 6.07) is 13.4. The molecule has 1 N–H and O–H groups in total. The zero-order chi connectivity index (χ0) is 14.4. The molecule has 0 saturated carbocycles. The fourth-order valence-electron chi connectivity index (χ4n) is 1.89. The van der Waals surface area contributed by atoms with Crippen LogP contribution in [0.25, 0.3) is 0 Å². The van der Waals surface area contributed by atoms with E-state index in [1.54, 1.807) is 0 Å². The Morgan fingerprint density at radius 2 is 2.05 bits per heavy atom. The minimum Gasteiger partial charge on any atom is -0.310 e. The average Bonchev–Trinajstić information content (AvgIpc) is 2.45. The number of pyridine rings is 1. The van der Waals surface area contributed by atoms with Gasteiger partial charge in [0.25, 0.3) is 0 Å². The summed E-state index contributed by atoms with van der Waals surface area (Å²) in [5.41, 5.74) is 3.77. The molecule has 0 unspecified atom stereocenters. The van der Waals surface area contributed by atoms with E-state index in [-0.39, 0.29) is 0 Å². The van der Waals surface area contributed by atoms with Gasteiger partial charge in [0, 0.05) is 29.4 Å². The molecule has 0 aliphatic rings. The number of aryl methyl sites for hydroxylation is 1. The standard InChI is InChI=1S/C17H22N2S/c1-13(2)19-11-15-7-4-8-16(10-15)20-12-17-14(3)6-5-9-18-17/h4-10,13,19H,11-12H2,1-3H3. The lowest BCUT2D eigenvalue weighted by molar-refractivity contribution is 0.588. The lowest BCUT2D eigenvalue weighted by Crippen LogP contribution is -2.21. The minimum atomic E-state index is 0.516. The number of nitrogens with one attached hydrogen (secondary N) is 1. The number of thioether (sulfide) groups is 1. The molecule has 2 rings (SSSR count). The van der Waals surface area contributed by atoms with E-state index in [1.807, 2.05) is 24.0 Å². The number of hydrogen-bond acceptors (Lipinski definition) is 3. The first-order valence-corrected chi connectivity index (χ1v) is 7.99. The highest BCUT2D eigenvalue weighted by Crippen LogP contribution is 2.24. The van der Waals surface area contributed by atoms with E-state index in [4.69, 9.17) is 0 Å². The van der Waals surface area contributed by atoms with Crippen molar-refractivity contribution in [1.82, 2.24) is 10.3 Å². The van der Waals surface area contributed by atoms with Gasteiger partial charge in [0.05, 0.1) is 5.69 Å². The quantitative estimate of drug-likeness (QED) is 0.806. The van der Waals surface area contributed by atoms with Crippen LogP contribution in [0.15, 0.2) is 47.5 Å². The van der Waals surface area contributed by atoms with E-state index in [0.29, 0.717) is 6.04 Å². The second-order valence-corrected chi connectivity index (χ2v) is 6.29. The Morgan fingerprint density at radius 3 is 2.80 bits per heavy atom. The van der Waals surface area contributed by atoms with Crippen molar-refractivity contribution in [2.45, 2.75) is 44.0 Å². The molecule has 3 heteroatoms. The third-order valence-electron chi connectivity index (χ3n) is 3.11. The van der Waals surface area contributed by atoms with Crippen molar-refractivity contribution in [3.8, 4) is 0 Å². The summed E-state index contributed by atoms with van der Waals surface area (Å²) >= 11 is 1.85. The van der Waals surface area contributed by atoms with Crippen LogP contribution in [0.4, 0.5) is 0 Å². The van der Waals surface area contributed by atoms with E-state index in [9.17, 15) is 0 Å². The van der Waals surface area contributed by atoms with Gasteiger partial charge in [0.2, 0.25) is 0 Å². The van der Waals surface area contributed by atoms with Gasteiger partial charge in [-0.15, -0.1) is 11.8 Å². The second-order valence-electron chi connectivity index (χ2n) is 5.24. The van der Waals surface area contributed by atoms with Crippen molar-refractivity contribution < 1.29 is 0 Å². The van der Waals surface area contributed by atoms with Crippen LogP contribution in [-0.2, 0) is 12.3 Å². The summed E-state index contributed by atoms with van der Waals surface area (Å²) in [5, 5.41) is 3.45. The summed E-state index contributed by atoms with van der Waals surface area (Å²) < 4.78 is 0. The maximum Gasteiger partial charge on any atom is 0.0535 e. The zero-order valence-electron chi connectivity index (χ0n) is 12.4. The van der Waals surface area contributed by atoms with Crippen LogP contribution < -0.4 is 5.32 Å². The summed E-state index contributed by atoms with van der Waals surface area (Å²) in [4.78, 5) is 5.75. The molecule has 0 aliphatic heterocycles. The fourth-order valence-corrected chi connectivity index (χ4v) is 2.90. The van der Waals surface area contributed by atoms with Crippen LogP contribution in [0, 0.1) is 6.92 Å². The Bertz CT molecular complexity index is 552. The molecule has 0 radical (unpaired) electrons. The van der Waals surface area contributed by atoms with E-state index < -0.39 is 0 Å². The average molecular weight is 286 g/mol. The predicted molar refractivity (Wildman–Crippen MR) is 87.0 cm³/mol. The molecule has 0 atom stereocenters. The smallest absolute Gasteiger partial charge is 0.0535 e. The van der Waals surface area contributed by atoms with E-state index in [2.05, 4.69) is 61.4 Å². The van der Waals surface area contributed by atoms with Crippen molar-refractivity contribution >= 4 is 11.8 Å². The van der Waals surface area contributed by atoms with Crippen LogP contribution in [0.5, 0.6) is 0 Å². The molecular weight excluding hydrogens is 264 g/mol. The third-order valence-corrected chi connectivity index (χ3v) is 4.11. The first-order chi connectivity index (χ1) is 9.65. The molecule has 0 amide bonds. The Labute approximate surface area is 126 Å². The van der Waals surface area contributed by atoms with Gasteiger partial charge in [0.15, 0.2) is 0 Å². The van der Waals surface area contributed by atoms with Crippen LogP contribution >= 0.6 is 11.8 Å². The third kappa shape index (κ3) is 4.66. The maximum absolute atomic E-state index is 4.44. The summed E-state index contributed by atoms with van der Waals surface area (Å²) in [6.45, 7) is 7.38. The highest BCUT2D eigenvalue weighted by Gasteiger charge is 2.02. The Morgan fingerprint density at radius 1 is 1.20 bits per heavy atom. The Hall–Kier alpha value is -1.32. The Balaban J connectivity index is 1.96. The van der Waals surface area contributed by atoms with Gasteiger partial charge in [-0.3, -0.25) is 4.98 Å². The molecule has 1 aromatic heterocycles. The highest BCUT2D eigenvalue weighted by atomic mass is 32.2. The van der Waals surface area contributed by atoms with Gasteiger partial charge in [0.1, 0.15) is 0 Å². The van der Waals surface area contributed by atoms with Gasteiger partial charge in [-0.05, 0) is 36.2 Å². The molecule has 2 nitrogen and oxygen atoms in total. The first kappa shape index (κ1) is 15.1. The Kier molecular flexibility index (Phi) is 5.62. The van der Waals surface area contributed by atoms with Crippen LogP contribution in [0.1, 0.15) is 30.7 Å². The number of nitrogens with zero attached hydrogens (tertiary/aromatic N) is 1. The van der Waals surface area contributed by atoms with Crippen LogP contribution in [0.2, 0.25) is 0 Å². The maximum atomic E-state index is 4.44. The van der Waals surface area contributed by atoms with E-state index >= 15 is 0 Å². The molecule has 20 heavy (non-hydrogen) atoms. The fraction of sp³-hybridized carbons (Fsp3) is 0.353. The number of aromatic nitrogens is 1. The SMILES string of the molecule is Cc1cccnc1CSc1cccc(CNC(C)C)c1. The molecule has 0 bridgehead atoms. The van der Waals surface area contributed by atoms with Gasteiger partial charge in [-0.1, -0.05) is 32.0 Å². The number of hydrogen-bond donors (Lipinski definition) is 1. The number of rotatable bonds is 6. The molecule has 0 saturated heterocycles. The van der Waals surface area contributed by atoms with Crippen molar-refractivity contribution in [3.05, 3.63) is 59.4 Å². The van der Waals surface area contributed by atoms with Crippen LogP contribution in [-0.4, -0.2) is 11.0 Å². The van der Waals surface area contributed by atoms with E-state index in [1.165, 1.54) is 21.7 Å². The van der Waals surface area contributed by atoms with Crippen LogP contribution in [0.3, 0.4) is 0 Å². The predicted octanol–water partition coefficient (Wildman–Crippen LogP) is 4.18. The first-order valence-electron chi connectivity index (χ1n) is 7.01. The van der Waals surface area contributed by atoms with E-state index in [0.717, 1.165) is 12.3 Å². The largest absolute Gasteiger partial charge is 0.310 e. The summed E-state index contributed by atoms with van der Waals surface area (Å²) in [5.74, 6) is 0.924. The topological polar surface area (TPSA) is 24.9 Å². The normalized spacial score (nSPS) is 11.0. The van der Waals surface area contributed by atoms with Crippen molar-refractivity contribution in [2.75, 3.05) is 0 Å². The van der Waals surface area contributed by atoms with Gasteiger partial charge in [-0.25, -0.2) is 0 Å². The molecule has 0 aliphatic carbocycles.